The van der Waals surface area contributed by atoms with E-state index in [1.165, 1.54) is 0 Å². The molecule has 2 aliphatic rings. The van der Waals surface area contributed by atoms with E-state index in [-0.39, 0.29) is 18.2 Å². The highest BCUT2D eigenvalue weighted by atomic mass is 16.2. The quantitative estimate of drug-likeness (QED) is 0.465. The molecule has 1 atom stereocenters. The first-order chi connectivity index (χ1) is 14.1. The van der Waals surface area contributed by atoms with Crippen molar-refractivity contribution in [2.45, 2.75) is 44.9 Å². The Morgan fingerprint density at radius 3 is 2.90 bits per heavy atom. The minimum Gasteiger partial charge on any atom is -0.385 e. The summed E-state index contributed by atoms with van der Waals surface area (Å²) < 4.78 is 2.01. The van der Waals surface area contributed by atoms with Crippen molar-refractivity contribution in [1.29, 1.82) is 0 Å². The summed E-state index contributed by atoms with van der Waals surface area (Å²) in [5.74, 6) is -0.839. The maximum atomic E-state index is 12.8. The van der Waals surface area contributed by atoms with Crippen LogP contribution in [0.25, 0.3) is 0 Å². The van der Waals surface area contributed by atoms with Gasteiger partial charge in [-0.15, -0.1) is 0 Å². The maximum absolute atomic E-state index is 12.8. The lowest BCUT2D eigenvalue weighted by Crippen LogP contribution is -2.52. The number of nitrogens with two attached hydrogens (primary N) is 1. The van der Waals surface area contributed by atoms with Crippen molar-refractivity contribution < 1.29 is 14.4 Å². The van der Waals surface area contributed by atoms with Gasteiger partial charge in [0.25, 0.3) is 5.91 Å². The Morgan fingerprint density at radius 2 is 2.14 bits per heavy atom. The fourth-order valence-corrected chi connectivity index (χ4v) is 3.87. The number of anilines is 1. The number of fused-ring (bicyclic) bond motifs is 1. The van der Waals surface area contributed by atoms with Gasteiger partial charge in [-0.2, -0.15) is 0 Å². The molecule has 0 aliphatic carbocycles. The number of rotatable bonds is 7. The molecule has 3 heterocycles. The monoisotopic (exact) mass is 396 g/mol. The molecule has 4 rings (SSSR count). The second-order valence-corrected chi connectivity index (χ2v) is 7.32. The van der Waals surface area contributed by atoms with Crippen LogP contribution in [0.3, 0.4) is 0 Å². The van der Waals surface area contributed by atoms with Gasteiger partial charge < -0.3 is 20.5 Å². The van der Waals surface area contributed by atoms with Crippen molar-refractivity contribution >= 4 is 23.4 Å². The number of aryl methyl sites for hydroxylation is 1. The zero-order valence-corrected chi connectivity index (χ0v) is 16.1. The second-order valence-electron chi connectivity index (χ2n) is 7.32. The Balaban J connectivity index is 1.39. The highest BCUT2D eigenvalue weighted by Crippen LogP contribution is 2.32. The van der Waals surface area contributed by atoms with Gasteiger partial charge in [0.05, 0.1) is 12.0 Å². The summed E-state index contributed by atoms with van der Waals surface area (Å²) in [6.45, 7) is 2.35. The van der Waals surface area contributed by atoms with Crippen molar-refractivity contribution in [3.8, 4) is 0 Å². The molecule has 2 aromatic rings. The number of piperidine rings is 1. The van der Waals surface area contributed by atoms with E-state index < -0.39 is 11.9 Å². The second kappa shape index (κ2) is 8.04. The number of hydrogen-bond donors (Lipinski definition) is 3. The third kappa shape index (κ3) is 3.86. The molecular weight excluding hydrogens is 372 g/mol. The maximum Gasteiger partial charge on any atom is 0.255 e. The summed E-state index contributed by atoms with van der Waals surface area (Å²) in [7, 11) is 0. The van der Waals surface area contributed by atoms with Crippen LogP contribution in [0.1, 0.15) is 40.9 Å². The van der Waals surface area contributed by atoms with Gasteiger partial charge in [-0.25, -0.2) is 4.98 Å². The predicted molar refractivity (Wildman–Crippen MR) is 106 cm³/mol. The molecule has 4 N–H and O–H groups in total. The van der Waals surface area contributed by atoms with Gasteiger partial charge in [-0.05, 0) is 25.0 Å². The summed E-state index contributed by atoms with van der Waals surface area (Å²) in [5.41, 5.74) is 8.86. The molecule has 29 heavy (non-hydrogen) atoms. The summed E-state index contributed by atoms with van der Waals surface area (Å²) in [6.07, 6.45) is 5.22. The van der Waals surface area contributed by atoms with Crippen LogP contribution >= 0.6 is 0 Å². The molecule has 0 bridgehead atoms. The lowest BCUT2D eigenvalue weighted by Gasteiger charge is -2.29. The third-order valence-electron chi connectivity index (χ3n) is 5.39. The van der Waals surface area contributed by atoms with Crippen molar-refractivity contribution in [2.75, 3.05) is 11.9 Å². The Kier molecular flexibility index (Phi) is 5.30. The topological polar surface area (TPSA) is 122 Å². The van der Waals surface area contributed by atoms with Crippen molar-refractivity contribution in [2.24, 2.45) is 5.73 Å². The molecule has 1 aromatic heterocycles. The van der Waals surface area contributed by atoms with Crippen LogP contribution in [0.15, 0.2) is 30.7 Å². The van der Waals surface area contributed by atoms with Crippen molar-refractivity contribution in [1.82, 2.24) is 19.8 Å². The van der Waals surface area contributed by atoms with Crippen molar-refractivity contribution in [3.63, 3.8) is 0 Å². The molecule has 3 amide bonds. The zero-order chi connectivity index (χ0) is 20.4. The Morgan fingerprint density at radius 1 is 1.28 bits per heavy atom. The standard InChI is InChI=1S/C20H24N6O3/c21-9-13-10-25(12-23-13)8-2-7-22-16-4-1-3-14-15(16)11-26(20(14)29)17-5-6-18(27)24-19(17)28/h1,3-4,10,12,17,22H,2,5-9,11,21H2,(H,24,27,28). The molecule has 0 radical (unpaired) electrons. The van der Waals surface area contributed by atoms with Gasteiger partial charge in [0.2, 0.25) is 11.8 Å². The predicted octanol–water partition coefficient (Wildman–Crippen LogP) is 0.605. The van der Waals surface area contributed by atoms with E-state index >= 15 is 0 Å². The summed E-state index contributed by atoms with van der Waals surface area (Å²) in [4.78, 5) is 42.2. The van der Waals surface area contributed by atoms with Gasteiger partial charge in [-0.3, -0.25) is 19.7 Å². The normalized spacial score (nSPS) is 18.7. The highest BCUT2D eigenvalue weighted by molar-refractivity contribution is 6.06. The first-order valence-corrected chi connectivity index (χ1v) is 9.78. The number of carbonyl (C=O) groups is 3. The molecule has 0 spiro atoms. The van der Waals surface area contributed by atoms with Crippen LogP contribution in [-0.4, -0.2) is 44.8 Å². The van der Waals surface area contributed by atoms with Crippen LogP contribution in [0, 0.1) is 0 Å². The number of nitrogens with zero attached hydrogens (tertiary/aromatic N) is 3. The Bertz CT molecular complexity index is 953. The molecular formula is C20H24N6O3. The highest BCUT2D eigenvalue weighted by Gasteiger charge is 2.39. The Hall–Kier alpha value is -3.20. The molecule has 2 aliphatic heterocycles. The summed E-state index contributed by atoms with van der Waals surface area (Å²) in [6, 6.07) is 4.98. The molecule has 1 saturated heterocycles. The van der Waals surface area contributed by atoms with Crippen LogP contribution in [-0.2, 0) is 29.2 Å². The number of benzene rings is 1. The van der Waals surface area contributed by atoms with E-state index in [2.05, 4.69) is 15.6 Å². The average Bonchev–Trinajstić information content (AvgIpc) is 3.30. The molecule has 0 saturated carbocycles. The minimum absolute atomic E-state index is 0.161. The Labute approximate surface area is 168 Å². The number of hydrogen-bond acceptors (Lipinski definition) is 6. The van der Waals surface area contributed by atoms with E-state index in [9.17, 15) is 14.4 Å². The lowest BCUT2D eigenvalue weighted by molar-refractivity contribution is -0.136. The third-order valence-corrected chi connectivity index (χ3v) is 5.39. The van der Waals surface area contributed by atoms with Gasteiger partial charge in [0.1, 0.15) is 6.04 Å². The van der Waals surface area contributed by atoms with Crippen LogP contribution in [0.4, 0.5) is 5.69 Å². The summed E-state index contributed by atoms with van der Waals surface area (Å²) in [5, 5.41) is 5.74. The number of imide groups is 1. The molecule has 1 aromatic carbocycles. The fourth-order valence-electron chi connectivity index (χ4n) is 3.87. The largest absolute Gasteiger partial charge is 0.385 e. The first-order valence-electron chi connectivity index (χ1n) is 9.78. The smallest absolute Gasteiger partial charge is 0.255 e. The molecule has 1 unspecified atom stereocenters. The first kappa shape index (κ1) is 19.1. The lowest BCUT2D eigenvalue weighted by atomic mass is 10.0. The van der Waals surface area contributed by atoms with Gasteiger partial charge in [-0.1, -0.05) is 6.07 Å². The van der Waals surface area contributed by atoms with Gasteiger partial charge >= 0.3 is 0 Å². The molecule has 9 nitrogen and oxygen atoms in total. The van der Waals surface area contributed by atoms with E-state index in [4.69, 9.17) is 5.73 Å². The number of aromatic nitrogens is 2. The average molecular weight is 396 g/mol. The molecule has 9 heteroatoms. The van der Waals surface area contributed by atoms with Gasteiger partial charge in [0, 0.05) is 55.6 Å². The van der Waals surface area contributed by atoms with E-state index in [0.717, 1.165) is 36.5 Å². The SMILES string of the molecule is NCc1cn(CCCNc2cccc3c2CN(C2CCC(=O)NC2=O)C3=O)cn1. The van der Waals surface area contributed by atoms with E-state index in [1.807, 2.05) is 22.9 Å². The zero-order valence-electron chi connectivity index (χ0n) is 16.1. The van der Waals surface area contributed by atoms with Crippen LogP contribution < -0.4 is 16.4 Å². The minimum atomic E-state index is -0.599. The number of amides is 3. The molecule has 1 fully saturated rings. The van der Waals surface area contributed by atoms with Crippen LogP contribution in [0.2, 0.25) is 0 Å². The molecule has 152 valence electrons. The number of carbonyl (C=O) groups excluding carboxylic acids is 3. The van der Waals surface area contributed by atoms with Crippen molar-refractivity contribution in [3.05, 3.63) is 47.5 Å². The van der Waals surface area contributed by atoms with E-state index in [1.54, 1.807) is 17.3 Å². The van der Waals surface area contributed by atoms with E-state index in [0.29, 0.717) is 25.1 Å². The summed E-state index contributed by atoms with van der Waals surface area (Å²) >= 11 is 0. The fraction of sp³-hybridized carbons (Fsp3) is 0.400. The number of imidazole rings is 1. The number of nitrogens with one attached hydrogen (secondary N) is 2. The van der Waals surface area contributed by atoms with Crippen LogP contribution in [0.5, 0.6) is 0 Å². The van der Waals surface area contributed by atoms with Gasteiger partial charge in [0.15, 0.2) is 0 Å².